The summed E-state index contributed by atoms with van der Waals surface area (Å²) in [5, 5.41) is 9.78. The predicted molar refractivity (Wildman–Crippen MR) is 67.8 cm³/mol. The Balaban J connectivity index is 4.12. The predicted octanol–water partition coefficient (Wildman–Crippen LogP) is 4.02. The van der Waals surface area contributed by atoms with E-state index in [1.165, 1.54) is 0 Å². The topological polar surface area (TPSA) is 20.2 Å². The van der Waals surface area contributed by atoms with Crippen LogP contribution in [0.15, 0.2) is 12.2 Å². The van der Waals surface area contributed by atoms with Crippen molar-refractivity contribution in [3.05, 3.63) is 12.2 Å². The van der Waals surface area contributed by atoms with E-state index < -0.39 is 5.60 Å². The third-order valence-corrected chi connectivity index (χ3v) is 3.49. The molecule has 0 saturated heterocycles. The summed E-state index contributed by atoms with van der Waals surface area (Å²) in [7, 11) is 0. The van der Waals surface area contributed by atoms with Crippen molar-refractivity contribution >= 4 is 0 Å². The normalized spacial score (nSPS) is 18.1. The first-order valence-corrected chi connectivity index (χ1v) is 5.94. The Bertz CT molecular complexity index is 202. The van der Waals surface area contributed by atoms with Crippen molar-refractivity contribution < 1.29 is 5.11 Å². The summed E-state index contributed by atoms with van der Waals surface area (Å²) in [5.74, 6) is 0.882. The Kier molecular flexibility index (Phi) is 5.05. The molecule has 0 rings (SSSR count). The second-order valence-corrected chi connectivity index (χ2v) is 6.37. The Morgan fingerprint density at radius 2 is 1.53 bits per heavy atom. The monoisotopic (exact) mass is 212 g/mol. The van der Waals surface area contributed by atoms with E-state index in [2.05, 4.69) is 46.8 Å². The fourth-order valence-corrected chi connectivity index (χ4v) is 1.06. The molecule has 1 heteroatoms. The highest BCUT2D eigenvalue weighted by molar-refractivity contribution is 4.94. The van der Waals surface area contributed by atoms with Crippen molar-refractivity contribution in [1.82, 2.24) is 0 Å². The molecule has 0 heterocycles. The van der Waals surface area contributed by atoms with Gasteiger partial charge in [-0.25, -0.2) is 0 Å². The van der Waals surface area contributed by atoms with Gasteiger partial charge in [0.25, 0.3) is 0 Å². The molecule has 0 spiro atoms. The molecular formula is C14H28O. The lowest BCUT2D eigenvalue weighted by molar-refractivity contribution is 0.0261. The smallest absolute Gasteiger partial charge is 0.0620 e. The first kappa shape index (κ1) is 14.7. The molecule has 0 aliphatic carbocycles. The summed E-state index contributed by atoms with van der Waals surface area (Å²) < 4.78 is 0. The van der Waals surface area contributed by atoms with Crippen LogP contribution in [0.25, 0.3) is 0 Å². The van der Waals surface area contributed by atoms with Gasteiger partial charge in [0.15, 0.2) is 0 Å². The standard InChI is InChI=1S/C14H28O/c1-11(13(3,4)5)9-8-10-12(2)14(6,7)15/h8-9,11-12,15H,10H2,1-7H3/t11?,12-/m0/s1. The number of aliphatic hydroxyl groups is 1. The van der Waals surface area contributed by atoms with Crippen molar-refractivity contribution in [2.45, 2.75) is 60.5 Å². The molecule has 0 aromatic heterocycles. The molecule has 0 radical (unpaired) electrons. The van der Waals surface area contributed by atoms with Crippen LogP contribution >= 0.6 is 0 Å². The van der Waals surface area contributed by atoms with Gasteiger partial charge >= 0.3 is 0 Å². The van der Waals surface area contributed by atoms with Crippen LogP contribution in [0.1, 0.15) is 54.9 Å². The molecule has 1 N–H and O–H groups in total. The maximum atomic E-state index is 9.78. The van der Waals surface area contributed by atoms with E-state index in [9.17, 15) is 5.11 Å². The van der Waals surface area contributed by atoms with Crippen LogP contribution in [0, 0.1) is 17.3 Å². The van der Waals surface area contributed by atoms with Crippen molar-refractivity contribution in [3.8, 4) is 0 Å². The van der Waals surface area contributed by atoms with Gasteiger partial charge in [-0.2, -0.15) is 0 Å². The number of hydrogen-bond acceptors (Lipinski definition) is 1. The minimum atomic E-state index is -0.574. The van der Waals surface area contributed by atoms with E-state index in [4.69, 9.17) is 0 Å². The Hall–Kier alpha value is -0.300. The zero-order chi connectivity index (χ0) is 12.3. The second kappa shape index (κ2) is 5.16. The van der Waals surface area contributed by atoms with Gasteiger partial charge in [-0.1, -0.05) is 46.8 Å². The number of rotatable bonds is 4. The maximum Gasteiger partial charge on any atom is 0.0620 e. The summed E-state index contributed by atoms with van der Waals surface area (Å²) in [6, 6.07) is 0. The Labute approximate surface area is 95.6 Å². The average Bonchev–Trinajstić information content (AvgIpc) is 2.00. The van der Waals surface area contributed by atoms with Crippen molar-refractivity contribution in [2.75, 3.05) is 0 Å². The van der Waals surface area contributed by atoms with Gasteiger partial charge in [0.2, 0.25) is 0 Å². The van der Waals surface area contributed by atoms with Crippen LogP contribution in [-0.2, 0) is 0 Å². The molecule has 0 aliphatic rings. The number of allylic oxidation sites excluding steroid dienone is 2. The maximum absolute atomic E-state index is 9.78. The van der Waals surface area contributed by atoms with Crippen molar-refractivity contribution in [2.24, 2.45) is 17.3 Å². The highest BCUT2D eigenvalue weighted by Gasteiger charge is 2.21. The van der Waals surface area contributed by atoms with E-state index in [1.54, 1.807) is 0 Å². The molecule has 0 bridgehead atoms. The quantitative estimate of drug-likeness (QED) is 0.698. The van der Waals surface area contributed by atoms with Crippen LogP contribution < -0.4 is 0 Å². The highest BCUT2D eigenvalue weighted by Crippen LogP contribution is 2.27. The van der Waals surface area contributed by atoms with E-state index in [0.717, 1.165) is 6.42 Å². The zero-order valence-corrected chi connectivity index (χ0v) is 11.5. The largest absolute Gasteiger partial charge is 0.390 e. The van der Waals surface area contributed by atoms with Crippen LogP contribution in [0.2, 0.25) is 0 Å². The van der Waals surface area contributed by atoms with E-state index >= 15 is 0 Å². The Morgan fingerprint density at radius 3 is 1.87 bits per heavy atom. The van der Waals surface area contributed by atoms with Gasteiger partial charge in [-0.15, -0.1) is 0 Å². The van der Waals surface area contributed by atoms with Gasteiger partial charge in [0.05, 0.1) is 5.60 Å². The molecule has 90 valence electrons. The summed E-state index contributed by atoms with van der Waals surface area (Å²) in [6.45, 7) is 14.8. The van der Waals surface area contributed by atoms with Crippen molar-refractivity contribution in [3.63, 3.8) is 0 Å². The van der Waals surface area contributed by atoms with Gasteiger partial charge in [0.1, 0.15) is 0 Å². The van der Waals surface area contributed by atoms with Crippen LogP contribution in [0.3, 0.4) is 0 Å². The summed E-state index contributed by atoms with van der Waals surface area (Å²) >= 11 is 0. The first-order chi connectivity index (χ1) is 6.55. The van der Waals surface area contributed by atoms with Crippen LogP contribution in [0.5, 0.6) is 0 Å². The zero-order valence-electron chi connectivity index (χ0n) is 11.5. The third kappa shape index (κ3) is 5.99. The lowest BCUT2D eigenvalue weighted by Gasteiger charge is -2.26. The molecule has 1 unspecified atom stereocenters. The molecule has 0 aromatic carbocycles. The molecule has 0 aromatic rings. The third-order valence-electron chi connectivity index (χ3n) is 3.49. The lowest BCUT2D eigenvalue weighted by atomic mass is 9.81. The fourth-order valence-electron chi connectivity index (χ4n) is 1.06. The summed E-state index contributed by atoms with van der Waals surface area (Å²) in [5.41, 5.74) is -0.246. The van der Waals surface area contributed by atoms with Gasteiger partial charge in [-0.05, 0) is 37.5 Å². The van der Waals surface area contributed by atoms with Gasteiger partial charge < -0.3 is 5.11 Å². The molecule has 15 heavy (non-hydrogen) atoms. The average molecular weight is 212 g/mol. The van der Waals surface area contributed by atoms with Gasteiger partial charge in [-0.3, -0.25) is 0 Å². The summed E-state index contributed by atoms with van der Waals surface area (Å²) in [4.78, 5) is 0. The second-order valence-electron chi connectivity index (χ2n) is 6.37. The molecule has 0 saturated carbocycles. The van der Waals surface area contributed by atoms with E-state index in [1.807, 2.05) is 13.8 Å². The van der Waals surface area contributed by atoms with E-state index in [0.29, 0.717) is 17.3 Å². The molecular weight excluding hydrogens is 184 g/mol. The molecule has 1 nitrogen and oxygen atoms in total. The lowest BCUT2D eigenvalue weighted by Crippen LogP contribution is -2.28. The number of hydrogen-bond donors (Lipinski definition) is 1. The highest BCUT2D eigenvalue weighted by atomic mass is 16.3. The minimum Gasteiger partial charge on any atom is -0.390 e. The molecule has 0 amide bonds. The molecule has 2 atom stereocenters. The molecule has 0 aliphatic heterocycles. The molecule has 0 fully saturated rings. The van der Waals surface area contributed by atoms with Crippen LogP contribution in [-0.4, -0.2) is 10.7 Å². The minimum absolute atomic E-state index is 0.306. The first-order valence-electron chi connectivity index (χ1n) is 5.94. The Morgan fingerprint density at radius 1 is 1.07 bits per heavy atom. The van der Waals surface area contributed by atoms with Crippen molar-refractivity contribution in [1.29, 1.82) is 0 Å². The SMILES string of the molecule is CC(C=CC[C@H](C)C(C)(C)O)C(C)(C)C. The van der Waals surface area contributed by atoms with Gasteiger partial charge in [0, 0.05) is 0 Å². The van der Waals surface area contributed by atoms with Crippen LogP contribution in [0.4, 0.5) is 0 Å². The fraction of sp³-hybridized carbons (Fsp3) is 0.857. The van der Waals surface area contributed by atoms with E-state index in [-0.39, 0.29) is 0 Å². The summed E-state index contributed by atoms with van der Waals surface area (Å²) in [6.07, 6.45) is 5.42.